The van der Waals surface area contributed by atoms with Crippen molar-refractivity contribution < 1.29 is 0 Å². The Morgan fingerprint density at radius 1 is 1.08 bits per heavy atom. The molecule has 3 aromatic heterocycles. The number of aromatic nitrogens is 5. The van der Waals surface area contributed by atoms with Gasteiger partial charge in [0.25, 0.3) is 11.1 Å². The van der Waals surface area contributed by atoms with Gasteiger partial charge >= 0.3 is 0 Å². The van der Waals surface area contributed by atoms with Gasteiger partial charge in [0.1, 0.15) is 0 Å². The summed E-state index contributed by atoms with van der Waals surface area (Å²) < 4.78 is 5.03. The molecule has 4 rings (SSSR count). The predicted molar refractivity (Wildman–Crippen MR) is 95.0 cm³/mol. The summed E-state index contributed by atoms with van der Waals surface area (Å²) in [7, 11) is 0. The first kappa shape index (κ1) is 15.3. The summed E-state index contributed by atoms with van der Waals surface area (Å²) in [4.78, 5) is 24.9. The first-order valence-corrected chi connectivity index (χ1v) is 8.13. The zero-order valence-electron chi connectivity index (χ0n) is 14.0. The number of aryl methyl sites for hydroxylation is 2. The van der Waals surface area contributed by atoms with E-state index in [1.165, 1.54) is 0 Å². The molecule has 3 heterocycles. The second-order valence-electron chi connectivity index (χ2n) is 5.99. The maximum Gasteiger partial charge on any atom is 0.262 e. The lowest BCUT2D eigenvalue weighted by molar-refractivity contribution is 0.702. The van der Waals surface area contributed by atoms with Gasteiger partial charge in [0.2, 0.25) is 5.78 Å². The monoisotopic (exact) mass is 335 g/mol. The Hall–Kier alpha value is -3.22. The summed E-state index contributed by atoms with van der Waals surface area (Å²) in [6.07, 6.45) is 1.75. The molecule has 0 spiro atoms. The zero-order chi connectivity index (χ0) is 17.6. The average Bonchev–Trinajstić information content (AvgIpc) is 3.02. The molecule has 7 nitrogen and oxygen atoms in total. The number of hydrogen-bond donors (Lipinski definition) is 0. The molecule has 0 amide bonds. The van der Waals surface area contributed by atoms with E-state index in [0.29, 0.717) is 23.5 Å². The molecule has 0 atom stereocenters. The van der Waals surface area contributed by atoms with E-state index in [1.807, 2.05) is 42.5 Å². The third kappa shape index (κ3) is 2.36. The van der Waals surface area contributed by atoms with Crippen molar-refractivity contribution in [3.05, 3.63) is 74.7 Å². The summed E-state index contributed by atoms with van der Waals surface area (Å²) in [6.45, 7) is 4.56. The molecule has 1 aromatic carbocycles. The van der Waals surface area contributed by atoms with E-state index in [0.717, 1.165) is 11.1 Å². The van der Waals surface area contributed by atoms with Gasteiger partial charge in [-0.05, 0) is 37.6 Å². The molecule has 0 aliphatic rings. The molecule has 126 valence electrons. The van der Waals surface area contributed by atoms with Crippen molar-refractivity contribution in [2.75, 3.05) is 0 Å². The van der Waals surface area contributed by atoms with Gasteiger partial charge in [-0.2, -0.15) is 0 Å². The standard InChI is InChI=1S/C18H17N5O2/c1-3-22-17(25)13-6-4-5-7-14(13)23-15(19-20-18(22)23)11-21-9-8-12(2)10-16(21)24/h4-10H,3,11H2,1-2H3. The number of nitrogens with zero attached hydrogens (tertiary/aromatic N) is 5. The minimum atomic E-state index is -0.0927. The van der Waals surface area contributed by atoms with Crippen molar-refractivity contribution in [3.8, 4) is 0 Å². The van der Waals surface area contributed by atoms with Crippen molar-refractivity contribution in [2.24, 2.45) is 0 Å². The highest BCUT2D eigenvalue weighted by Gasteiger charge is 2.15. The van der Waals surface area contributed by atoms with E-state index in [1.54, 1.807) is 27.5 Å². The van der Waals surface area contributed by atoms with Crippen LogP contribution in [0.15, 0.2) is 52.2 Å². The van der Waals surface area contributed by atoms with Crippen LogP contribution in [0.3, 0.4) is 0 Å². The van der Waals surface area contributed by atoms with E-state index in [9.17, 15) is 9.59 Å². The van der Waals surface area contributed by atoms with Crippen LogP contribution in [0, 0.1) is 6.92 Å². The van der Waals surface area contributed by atoms with Crippen LogP contribution in [-0.4, -0.2) is 23.7 Å². The summed E-state index contributed by atoms with van der Waals surface area (Å²) in [5, 5.41) is 9.06. The van der Waals surface area contributed by atoms with Gasteiger partial charge in [-0.25, -0.2) is 0 Å². The Bertz CT molecular complexity index is 1220. The SMILES string of the molecule is CCn1c(=O)c2ccccc2n2c(Cn3ccc(C)cc3=O)nnc12. The minimum Gasteiger partial charge on any atom is -0.308 e. The van der Waals surface area contributed by atoms with Crippen molar-refractivity contribution in [1.29, 1.82) is 0 Å². The first-order valence-electron chi connectivity index (χ1n) is 8.13. The molecule has 0 N–H and O–H groups in total. The molecule has 0 aliphatic heterocycles. The molecule has 0 unspecified atom stereocenters. The second kappa shape index (κ2) is 5.70. The average molecular weight is 335 g/mol. The van der Waals surface area contributed by atoms with E-state index >= 15 is 0 Å². The van der Waals surface area contributed by atoms with E-state index in [-0.39, 0.29) is 17.7 Å². The molecular formula is C18H17N5O2. The number of pyridine rings is 1. The van der Waals surface area contributed by atoms with Gasteiger partial charge in [0, 0.05) is 18.8 Å². The fourth-order valence-corrected chi connectivity index (χ4v) is 3.09. The van der Waals surface area contributed by atoms with E-state index in [4.69, 9.17) is 0 Å². The lowest BCUT2D eigenvalue weighted by atomic mass is 10.2. The fraction of sp³-hybridized carbons (Fsp3) is 0.222. The maximum absolute atomic E-state index is 12.7. The first-order chi connectivity index (χ1) is 12.1. The van der Waals surface area contributed by atoms with Crippen LogP contribution >= 0.6 is 0 Å². The minimum absolute atomic E-state index is 0.0861. The van der Waals surface area contributed by atoms with Crippen LogP contribution in [0.5, 0.6) is 0 Å². The zero-order valence-corrected chi connectivity index (χ0v) is 14.0. The van der Waals surface area contributed by atoms with Crippen LogP contribution < -0.4 is 11.1 Å². The molecule has 0 saturated heterocycles. The van der Waals surface area contributed by atoms with Gasteiger partial charge in [-0.3, -0.25) is 18.6 Å². The number of para-hydroxylation sites is 1. The lowest BCUT2D eigenvalue weighted by Crippen LogP contribution is -2.24. The van der Waals surface area contributed by atoms with Crippen LogP contribution in [0.4, 0.5) is 0 Å². The predicted octanol–water partition coefficient (Wildman–Crippen LogP) is 1.58. The Kier molecular flexibility index (Phi) is 3.49. The van der Waals surface area contributed by atoms with Gasteiger partial charge in [-0.15, -0.1) is 10.2 Å². The summed E-state index contributed by atoms with van der Waals surface area (Å²) in [5.74, 6) is 1.10. The third-order valence-corrected chi connectivity index (χ3v) is 4.35. The Morgan fingerprint density at radius 3 is 2.64 bits per heavy atom. The number of rotatable bonds is 3. The van der Waals surface area contributed by atoms with Crippen LogP contribution in [0.1, 0.15) is 18.3 Å². The highest BCUT2D eigenvalue weighted by Crippen LogP contribution is 2.15. The molecule has 4 aromatic rings. The topological polar surface area (TPSA) is 74.2 Å². The molecule has 0 fully saturated rings. The molecule has 0 bridgehead atoms. The van der Waals surface area contributed by atoms with Gasteiger partial charge in [0.05, 0.1) is 17.4 Å². The molecular weight excluding hydrogens is 318 g/mol. The number of benzene rings is 1. The normalized spacial score (nSPS) is 11.4. The summed E-state index contributed by atoms with van der Waals surface area (Å²) >= 11 is 0. The largest absolute Gasteiger partial charge is 0.308 e. The Morgan fingerprint density at radius 2 is 1.88 bits per heavy atom. The molecule has 0 aliphatic carbocycles. The third-order valence-electron chi connectivity index (χ3n) is 4.35. The van der Waals surface area contributed by atoms with Crippen LogP contribution in [0.25, 0.3) is 16.7 Å². The number of hydrogen-bond acceptors (Lipinski definition) is 4. The maximum atomic E-state index is 12.7. The van der Waals surface area contributed by atoms with Crippen LogP contribution in [0.2, 0.25) is 0 Å². The quantitative estimate of drug-likeness (QED) is 0.570. The van der Waals surface area contributed by atoms with Gasteiger partial charge in [-0.1, -0.05) is 12.1 Å². The van der Waals surface area contributed by atoms with Crippen molar-refractivity contribution in [1.82, 2.24) is 23.7 Å². The second-order valence-corrected chi connectivity index (χ2v) is 5.99. The van der Waals surface area contributed by atoms with Crippen molar-refractivity contribution in [2.45, 2.75) is 26.9 Å². The van der Waals surface area contributed by atoms with Crippen molar-refractivity contribution >= 4 is 16.7 Å². The molecule has 25 heavy (non-hydrogen) atoms. The lowest BCUT2D eigenvalue weighted by Gasteiger charge is -2.10. The molecule has 0 radical (unpaired) electrons. The summed E-state index contributed by atoms with van der Waals surface area (Å²) in [5.41, 5.74) is 1.48. The van der Waals surface area contributed by atoms with E-state index in [2.05, 4.69) is 10.2 Å². The smallest absolute Gasteiger partial charge is 0.262 e. The summed E-state index contributed by atoms with van der Waals surface area (Å²) in [6, 6.07) is 10.8. The van der Waals surface area contributed by atoms with Gasteiger partial charge in [0.15, 0.2) is 5.82 Å². The van der Waals surface area contributed by atoms with Crippen LogP contribution in [-0.2, 0) is 13.1 Å². The Labute approximate surface area is 142 Å². The van der Waals surface area contributed by atoms with Crippen molar-refractivity contribution in [3.63, 3.8) is 0 Å². The highest BCUT2D eigenvalue weighted by molar-refractivity contribution is 5.80. The van der Waals surface area contributed by atoms with Gasteiger partial charge < -0.3 is 4.57 Å². The highest BCUT2D eigenvalue weighted by atomic mass is 16.1. The number of fused-ring (bicyclic) bond motifs is 3. The Balaban J connectivity index is 2.01. The molecule has 0 saturated carbocycles. The fourth-order valence-electron chi connectivity index (χ4n) is 3.09. The molecule has 7 heteroatoms. The van der Waals surface area contributed by atoms with E-state index < -0.39 is 0 Å².